The second kappa shape index (κ2) is 6.57. The third-order valence-corrected chi connectivity index (χ3v) is 3.06. The van der Waals surface area contributed by atoms with Gasteiger partial charge in [-0.15, -0.1) is 0 Å². The standard InChI is InChI=1S/C17H18N2O/c1-3-19(16-12-8-7-9-14(16)2)17(20)18-13-15-10-5-4-6-11-15/h3-12H,1,13H2,2H3,(H,18,20). The van der Waals surface area contributed by atoms with E-state index in [9.17, 15) is 4.79 Å². The molecule has 2 aromatic rings. The van der Waals surface area contributed by atoms with E-state index in [2.05, 4.69) is 11.9 Å². The number of benzene rings is 2. The monoisotopic (exact) mass is 266 g/mol. The zero-order valence-electron chi connectivity index (χ0n) is 11.5. The van der Waals surface area contributed by atoms with E-state index in [-0.39, 0.29) is 6.03 Å². The maximum Gasteiger partial charge on any atom is 0.326 e. The first-order valence-corrected chi connectivity index (χ1v) is 6.51. The lowest BCUT2D eigenvalue weighted by Crippen LogP contribution is -2.36. The third-order valence-electron chi connectivity index (χ3n) is 3.06. The Kier molecular flexibility index (Phi) is 4.56. The second-order valence-electron chi connectivity index (χ2n) is 4.48. The zero-order chi connectivity index (χ0) is 14.4. The maximum atomic E-state index is 12.2. The molecule has 2 amide bonds. The number of nitrogens with one attached hydrogen (secondary N) is 1. The SMILES string of the molecule is C=CN(C(=O)NCc1ccccc1)c1ccccc1C. The summed E-state index contributed by atoms with van der Waals surface area (Å²) in [6.07, 6.45) is 1.53. The molecule has 0 radical (unpaired) electrons. The van der Waals surface area contributed by atoms with Gasteiger partial charge in [0.2, 0.25) is 0 Å². The minimum Gasteiger partial charge on any atom is -0.333 e. The van der Waals surface area contributed by atoms with Crippen molar-refractivity contribution in [3.63, 3.8) is 0 Å². The van der Waals surface area contributed by atoms with Crippen molar-refractivity contribution in [2.45, 2.75) is 13.5 Å². The number of carbonyl (C=O) groups excluding carboxylic acids is 1. The van der Waals surface area contributed by atoms with Crippen LogP contribution in [0.1, 0.15) is 11.1 Å². The van der Waals surface area contributed by atoms with Gasteiger partial charge in [-0.2, -0.15) is 0 Å². The summed E-state index contributed by atoms with van der Waals surface area (Å²) in [5.41, 5.74) is 2.94. The van der Waals surface area contributed by atoms with E-state index in [4.69, 9.17) is 0 Å². The maximum absolute atomic E-state index is 12.2. The molecule has 0 saturated carbocycles. The molecule has 0 spiro atoms. The summed E-state index contributed by atoms with van der Waals surface area (Å²) in [7, 11) is 0. The number of hydrogen-bond donors (Lipinski definition) is 1. The van der Waals surface area contributed by atoms with E-state index in [1.54, 1.807) is 0 Å². The first kappa shape index (κ1) is 13.9. The van der Waals surface area contributed by atoms with Gasteiger partial charge in [0, 0.05) is 12.7 Å². The van der Waals surface area contributed by atoms with E-state index in [1.165, 1.54) is 11.1 Å². The van der Waals surface area contributed by atoms with Gasteiger partial charge in [-0.05, 0) is 24.1 Å². The molecule has 0 heterocycles. The summed E-state index contributed by atoms with van der Waals surface area (Å²) in [6, 6.07) is 17.4. The molecule has 102 valence electrons. The average molecular weight is 266 g/mol. The lowest BCUT2D eigenvalue weighted by molar-refractivity contribution is 0.248. The highest BCUT2D eigenvalue weighted by Crippen LogP contribution is 2.19. The topological polar surface area (TPSA) is 32.3 Å². The average Bonchev–Trinajstić information content (AvgIpc) is 2.49. The van der Waals surface area contributed by atoms with Gasteiger partial charge in [-0.3, -0.25) is 4.90 Å². The van der Waals surface area contributed by atoms with Crippen molar-refractivity contribution in [1.29, 1.82) is 0 Å². The van der Waals surface area contributed by atoms with E-state index in [1.807, 2.05) is 61.5 Å². The highest BCUT2D eigenvalue weighted by Gasteiger charge is 2.13. The minimum absolute atomic E-state index is 0.182. The van der Waals surface area contributed by atoms with Crippen LogP contribution in [0.2, 0.25) is 0 Å². The Balaban J connectivity index is 2.07. The Morgan fingerprint density at radius 3 is 2.45 bits per heavy atom. The van der Waals surface area contributed by atoms with Gasteiger partial charge in [-0.1, -0.05) is 55.1 Å². The number of amides is 2. The lowest BCUT2D eigenvalue weighted by Gasteiger charge is -2.20. The number of hydrogen-bond acceptors (Lipinski definition) is 1. The van der Waals surface area contributed by atoms with Gasteiger partial charge in [-0.25, -0.2) is 4.79 Å². The predicted molar refractivity (Wildman–Crippen MR) is 82.5 cm³/mol. The first-order chi connectivity index (χ1) is 9.72. The Morgan fingerprint density at radius 1 is 1.15 bits per heavy atom. The smallest absolute Gasteiger partial charge is 0.326 e. The number of carbonyl (C=O) groups is 1. The molecule has 0 fully saturated rings. The van der Waals surface area contributed by atoms with E-state index in [0.717, 1.165) is 16.8 Å². The Labute approximate surface area is 119 Å². The van der Waals surface area contributed by atoms with Crippen LogP contribution >= 0.6 is 0 Å². The van der Waals surface area contributed by atoms with Crippen LogP contribution < -0.4 is 10.2 Å². The number of anilines is 1. The van der Waals surface area contributed by atoms with Crippen LogP contribution in [0.5, 0.6) is 0 Å². The fourth-order valence-corrected chi connectivity index (χ4v) is 1.98. The van der Waals surface area contributed by atoms with Crippen molar-refractivity contribution >= 4 is 11.7 Å². The largest absolute Gasteiger partial charge is 0.333 e. The summed E-state index contributed by atoms with van der Waals surface area (Å²) < 4.78 is 0. The van der Waals surface area contributed by atoms with Crippen LogP contribution in [0.15, 0.2) is 67.4 Å². The van der Waals surface area contributed by atoms with Gasteiger partial charge >= 0.3 is 6.03 Å². The Morgan fingerprint density at radius 2 is 1.80 bits per heavy atom. The van der Waals surface area contributed by atoms with Crippen molar-refractivity contribution in [3.05, 3.63) is 78.5 Å². The fraction of sp³-hybridized carbons (Fsp3) is 0.118. The number of nitrogens with zero attached hydrogens (tertiary/aromatic N) is 1. The van der Waals surface area contributed by atoms with Crippen LogP contribution in [-0.4, -0.2) is 6.03 Å². The van der Waals surface area contributed by atoms with Crippen molar-refractivity contribution < 1.29 is 4.79 Å². The molecule has 0 aromatic heterocycles. The van der Waals surface area contributed by atoms with E-state index >= 15 is 0 Å². The van der Waals surface area contributed by atoms with Crippen molar-refractivity contribution in [3.8, 4) is 0 Å². The minimum atomic E-state index is -0.182. The molecular formula is C17H18N2O. The molecule has 2 aromatic carbocycles. The highest BCUT2D eigenvalue weighted by molar-refractivity contribution is 5.94. The molecule has 0 bridgehead atoms. The molecule has 20 heavy (non-hydrogen) atoms. The zero-order valence-corrected chi connectivity index (χ0v) is 11.5. The van der Waals surface area contributed by atoms with Crippen molar-refractivity contribution in [2.24, 2.45) is 0 Å². The van der Waals surface area contributed by atoms with Crippen LogP contribution in [-0.2, 0) is 6.54 Å². The molecule has 3 heteroatoms. The Bertz CT molecular complexity index is 593. The molecule has 0 atom stereocenters. The summed E-state index contributed by atoms with van der Waals surface area (Å²) in [5.74, 6) is 0. The van der Waals surface area contributed by atoms with Crippen LogP contribution in [0.4, 0.5) is 10.5 Å². The third kappa shape index (κ3) is 3.26. The molecule has 2 rings (SSSR count). The van der Waals surface area contributed by atoms with Crippen molar-refractivity contribution in [1.82, 2.24) is 5.32 Å². The van der Waals surface area contributed by atoms with Gasteiger partial charge in [0.05, 0.1) is 5.69 Å². The molecule has 3 nitrogen and oxygen atoms in total. The summed E-state index contributed by atoms with van der Waals surface area (Å²) >= 11 is 0. The first-order valence-electron chi connectivity index (χ1n) is 6.51. The van der Waals surface area contributed by atoms with Gasteiger partial charge in [0.15, 0.2) is 0 Å². The normalized spacial score (nSPS) is 9.85. The summed E-state index contributed by atoms with van der Waals surface area (Å²) in [5, 5.41) is 2.89. The molecule has 0 aliphatic rings. The Hall–Kier alpha value is -2.55. The molecule has 0 unspecified atom stereocenters. The fourth-order valence-electron chi connectivity index (χ4n) is 1.98. The summed E-state index contributed by atoms with van der Waals surface area (Å²) in [6.45, 7) is 6.18. The molecule has 0 saturated heterocycles. The molecular weight excluding hydrogens is 248 g/mol. The van der Waals surface area contributed by atoms with Crippen LogP contribution in [0.3, 0.4) is 0 Å². The quantitative estimate of drug-likeness (QED) is 0.895. The lowest BCUT2D eigenvalue weighted by atomic mass is 10.2. The molecule has 1 N–H and O–H groups in total. The summed E-state index contributed by atoms with van der Waals surface area (Å²) in [4.78, 5) is 13.8. The number of para-hydroxylation sites is 1. The van der Waals surface area contributed by atoms with E-state index < -0.39 is 0 Å². The number of aryl methyl sites for hydroxylation is 1. The molecule has 0 aliphatic heterocycles. The van der Waals surface area contributed by atoms with Crippen LogP contribution in [0, 0.1) is 6.92 Å². The van der Waals surface area contributed by atoms with Gasteiger partial charge in [0.1, 0.15) is 0 Å². The van der Waals surface area contributed by atoms with Gasteiger partial charge in [0.25, 0.3) is 0 Å². The van der Waals surface area contributed by atoms with E-state index in [0.29, 0.717) is 6.54 Å². The van der Waals surface area contributed by atoms with Crippen LogP contribution in [0.25, 0.3) is 0 Å². The highest BCUT2D eigenvalue weighted by atomic mass is 16.2. The van der Waals surface area contributed by atoms with Gasteiger partial charge < -0.3 is 5.32 Å². The van der Waals surface area contributed by atoms with Crippen molar-refractivity contribution in [2.75, 3.05) is 4.90 Å². The second-order valence-corrected chi connectivity index (χ2v) is 4.48. The number of urea groups is 1. The molecule has 0 aliphatic carbocycles. The predicted octanol–water partition coefficient (Wildman–Crippen LogP) is 3.85. The number of rotatable bonds is 4.